The van der Waals surface area contributed by atoms with Gasteiger partial charge >= 0.3 is 0 Å². The van der Waals surface area contributed by atoms with Crippen molar-refractivity contribution in [1.82, 2.24) is 9.88 Å². The van der Waals surface area contributed by atoms with E-state index in [-0.39, 0.29) is 0 Å². The van der Waals surface area contributed by atoms with E-state index in [2.05, 4.69) is 9.88 Å². The molecule has 0 bridgehead atoms. The van der Waals surface area contributed by atoms with Crippen molar-refractivity contribution in [2.24, 2.45) is 0 Å². The zero-order valence-electron chi connectivity index (χ0n) is 9.56. The van der Waals surface area contributed by atoms with Crippen molar-refractivity contribution in [2.75, 3.05) is 12.8 Å². The molecule has 0 atom stereocenters. The first kappa shape index (κ1) is 12.4. The fourth-order valence-electron chi connectivity index (χ4n) is 1.65. The van der Waals surface area contributed by atoms with Crippen molar-refractivity contribution in [1.29, 1.82) is 0 Å². The summed E-state index contributed by atoms with van der Waals surface area (Å²) in [6.07, 6.45) is 0. The van der Waals surface area contributed by atoms with Gasteiger partial charge in [-0.2, -0.15) is 0 Å². The SMILES string of the molecule is CN(Cc1csc(N)n1)Cc1ccccc1Cl. The van der Waals surface area contributed by atoms with Crippen molar-refractivity contribution in [3.63, 3.8) is 0 Å². The maximum Gasteiger partial charge on any atom is 0.180 e. The first-order valence-corrected chi connectivity index (χ1v) is 6.53. The molecule has 90 valence electrons. The number of nitrogens with zero attached hydrogens (tertiary/aromatic N) is 2. The van der Waals surface area contributed by atoms with Gasteiger partial charge in [-0.15, -0.1) is 11.3 Å². The third-order valence-electron chi connectivity index (χ3n) is 2.40. The number of aromatic nitrogens is 1. The maximum atomic E-state index is 6.12. The molecule has 0 spiro atoms. The molecule has 0 saturated heterocycles. The number of nitrogen functional groups attached to an aromatic ring is 1. The minimum absolute atomic E-state index is 0.617. The molecule has 1 aromatic heterocycles. The lowest BCUT2D eigenvalue weighted by atomic mass is 10.2. The molecule has 0 amide bonds. The van der Waals surface area contributed by atoms with Crippen molar-refractivity contribution in [3.8, 4) is 0 Å². The lowest BCUT2D eigenvalue weighted by Gasteiger charge is -2.16. The lowest BCUT2D eigenvalue weighted by Crippen LogP contribution is -2.17. The smallest absolute Gasteiger partial charge is 0.180 e. The van der Waals surface area contributed by atoms with Crippen molar-refractivity contribution < 1.29 is 0 Å². The van der Waals surface area contributed by atoms with E-state index in [4.69, 9.17) is 17.3 Å². The van der Waals surface area contributed by atoms with Gasteiger partial charge in [0.1, 0.15) is 0 Å². The number of nitrogens with two attached hydrogens (primary N) is 1. The second-order valence-corrected chi connectivity index (χ2v) is 5.24. The van der Waals surface area contributed by atoms with Crippen LogP contribution < -0.4 is 5.73 Å². The third-order valence-corrected chi connectivity index (χ3v) is 3.49. The molecule has 0 fully saturated rings. The number of benzene rings is 1. The van der Waals surface area contributed by atoms with Gasteiger partial charge in [0.15, 0.2) is 5.13 Å². The number of hydrogen-bond acceptors (Lipinski definition) is 4. The zero-order chi connectivity index (χ0) is 12.3. The summed E-state index contributed by atoms with van der Waals surface area (Å²) in [5.74, 6) is 0. The number of hydrogen-bond donors (Lipinski definition) is 1. The molecule has 0 aliphatic heterocycles. The Labute approximate surface area is 110 Å². The van der Waals surface area contributed by atoms with Crippen LogP contribution >= 0.6 is 22.9 Å². The first-order chi connectivity index (χ1) is 8.15. The Hall–Kier alpha value is -1.10. The van der Waals surface area contributed by atoms with Crippen LogP contribution in [0.2, 0.25) is 5.02 Å². The first-order valence-electron chi connectivity index (χ1n) is 5.27. The van der Waals surface area contributed by atoms with E-state index in [1.165, 1.54) is 11.3 Å². The van der Waals surface area contributed by atoms with Crippen LogP contribution in [0.15, 0.2) is 29.6 Å². The largest absolute Gasteiger partial charge is 0.375 e. The van der Waals surface area contributed by atoms with E-state index in [0.717, 1.165) is 29.4 Å². The van der Waals surface area contributed by atoms with Gasteiger partial charge in [-0.25, -0.2) is 4.98 Å². The van der Waals surface area contributed by atoms with Gasteiger partial charge in [-0.1, -0.05) is 29.8 Å². The average Bonchev–Trinajstić information content (AvgIpc) is 2.67. The number of anilines is 1. The Morgan fingerprint density at radius 1 is 1.35 bits per heavy atom. The standard InChI is InChI=1S/C12H14ClN3S/c1-16(7-10-8-17-12(14)15-10)6-9-4-2-3-5-11(9)13/h2-5,8H,6-7H2,1H3,(H2,14,15). The number of thiazole rings is 1. The molecule has 2 aromatic rings. The summed E-state index contributed by atoms with van der Waals surface area (Å²) in [5, 5.41) is 3.40. The fourth-order valence-corrected chi connectivity index (χ4v) is 2.39. The van der Waals surface area contributed by atoms with E-state index in [0.29, 0.717) is 5.13 Å². The van der Waals surface area contributed by atoms with Gasteiger partial charge in [-0.05, 0) is 18.7 Å². The van der Waals surface area contributed by atoms with Gasteiger partial charge in [0.2, 0.25) is 0 Å². The van der Waals surface area contributed by atoms with E-state index in [1.54, 1.807) is 0 Å². The Balaban J connectivity index is 1.98. The van der Waals surface area contributed by atoms with Gasteiger partial charge in [0.25, 0.3) is 0 Å². The second-order valence-electron chi connectivity index (χ2n) is 3.94. The maximum absolute atomic E-state index is 6.12. The van der Waals surface area contributed by atoms with Crippen LogP contribution in [0.3, 0.4) is 0 Å². The normalized spacial score (nSPS) is 11.0. The highest BCUT2D eigenvalue weighted by Crippen LogP contribution is 2.18. The summed E-state index contributed by atoms with van der Waals surface area (Å²) in [5.41, 5.74) is 7.73. The van der Waals surface area contributed by atoms with Crippen molar-refractivity contribution in [3.05, 3.63) is 45.9 Å². The Bertz CT molecular complexity index is 498. The molecule has 2 rings (SSSR count). The molecule has 0 aliphatic rings. The van der Waals surface area contributed by atoms with Crippen LogP contribution in [0.5, 0.6) is 0 Å². The minimum Gasteiger partial charge on any atom is -0.375 e. The molecule has 1 heterocycles. The predicted molar refractivity (Wildman–Crippen MR) is 73.1 cm³/mol. The van der Waals surface area contributed by atoms with E-state index in [1.807, 2.05) is 36.7 Å². The highest BCUT2D eigenvalue weighted by molar-refractivity contribution is 7.13. The van der Waals surface area contributed by atoms with Crippen LogP contribution in [-0.4, -0.2) is 16.9 Å². The second kappa shape index (κ2) is 5.49. The molecular formula is C12H14ClN3S. The molecule has 1 aromatic carbocycles. The molecule has 3 nitrogen and oxygen atoms in total. The quantitative estimate of drug-likeness (QED) is 0.926. The molecule has 0 aliphatic carbocycles. The fraction of sp³-hybridized carbons (Fsp3) is 0.250. The molecule has 5 heteroatoms. The van der Waals surface area contributed by atoms with Crippen LogP contribution in [0.4, 0.5) is 5.13 Å². The van der Waals surface area contributed by atoms with Gasteiger partial charge in [0.05, 0.1) is 5.69 Å². The third kappa shape index (κ3) is 3.43. The number of rotatable bonds is 4. The minimum atomic E-state index is 0.617. The highest BCUT2D eigenvalue weighted by Gasteiger charge is 2.06. The van der Waals surface area contributed by atoms with Crippen LogP contribution in [-0.2, 0) is 13.1 Å². The van der Waals surface area contributed by atoms with E-state index in [9.17, 15) is 0 Å². The van der Waals surface area contributed by atoms with Gasteiger partial charge < -0.3 is 5.73 Å². The molecular weight excluding hydrogens is 254 g/mol. The summed E-state index contributed by atoms with van der Waals surface area (Å²) >= 11 is 7.58. The van der Waals surface area contributed by atoms with Gasteiger partial charge in [-0.3, -0.25) is 4.90 Å². The Kier molecular flexibility index (Phi) is 3.99. The van der Waals surface area contributed by atoms with E-state index < -0.39 is 0 Å². The number of halogens is 1. The van der Waals surface area contributed by atoms with Crippen LogP contribution in [0, 0.1) is 0 Å². The van der Waals surface area contributed by atoms with E-state index >= 15 is 0 Å². The summed E-state index contributed by atoms with van der Waals surface area (Å²) in [7, 11) is 2.04. The highest BCUT2D eigenvalue weighted by atomic mass is 35.5. The summed E-state index contributed by atoms with van der Waals surface area (Å²) in [4.78, 5) is 6.40. The van der Waals surface area contributed by atoms with Gasteiger partial charge in [0, 0.05) is 23.5 Å². The summed E-state index contributed by atoms with van der Waals surface area (Å²) < 4.78 is 0. The molecule has 0 radical (unpaired) electrons. The summed E-state index contributed by atoms with van der Waals surface area (Å²) in [6, 6.07) is 7.88. The van der Waals surface area contributed by atoms with Crippen molar-refractivity contribution in [2.45, 2.75) is 13.1 Å². The topological polar surface area (TPSA) is 42.1 Å². The summed E-state index contributed by atoms with van der Waals surface area (Å²) in [6.45, 7) is 1.58. The average molecular weight is 268 g/mol. The lowest BCUT2D eigenvalue weighted by molar-refractivity contribution is 0.316. The van der Waals surface area contributed by atoms with Crippen LogP contribution in [0.1, 0.15) is 11.3 Å². The van der Waals surface area contributed by atoms with Crippen LogP contribution in [0.25, 0.3) is 0 Å². The Morgan fingerprint density at radius 2 is 2.12 bits per heavy atom. The molecule has 0 unspecified atom stereocenters. The monoisotopic (exact) mass is 267 g/mol. The molecule has 17 heavy (non-hydrogen) atoms. The molecule has 2 N–H and O–H groups in total. The zero-order valence-corrected chi connectivity index (χ0v) is 11.1. The van der Waals surface area contributed by atoms with Crippen molar-refractivity contribution >= 4 is 28.1 Å². The molecule has 0 saturated carbocycles. The Morgan fingerprint density at radius 3 is 2.76 bits per heavy atom. The predicted octanol–water partition coefficient (Wildman–Crippen LogP) is 3.01.